The molecule has 3 atom stereocenters. The Kier molecular flexibility index (Phi) is 5.26. The normalized spacial score (nSPS) is 31.7. The summed E-state index contributed by atoms with van der Waals surface area (Å²) < 4.78 is 5.61. The smallest absolute Gasteiger partial charge is 0.0497 e. The van der Waals surface area contributed by atoms with E-state index in [1.807, 2.05) is 0 Å². The van der Waals surface area contributed by atoms with Crippen LogP contribution in [-0.2, 0) is 4.74 Å². The topological polar surface area (TPSA) is 35.2 Å². The van der Waals surface area contributed by atoms with Crippen molar-refractivity contribution < 1.29 is 4.74 Å². The number of ether oxygens (including phenoxy) is 1. The first-order chi connectivity index (χ1) is 7.49. The van der Waals surface area contributed by atoms with E-state index in [4.69, 9.17) is 10.5 Å². The first kappa shape index (κ1) is 14.0. The molecule has 1 aliphatic rings. The molecule has 2 heteroatoms. The van der Waals surface area contributed by atoms with E-state index in [9.17, 15) is 0 Å². The molecule has 1 aliphatic carbocycles. The van der Waals surface area contributed by atoms with E-state index in [2.05, 4.69) is 27.7 Å². The summed E-state index contributed by atoms with van der Waals surface area (Å²) in [6, 6.07) is 0. The van der Waals surface area contributed by atoms with Crippen LogP contribution in [-0.4, -0.2) is 19.8 Å². The molecule has 0 heterocycles. The molecule has 0 aromatic rings. The van der Waals surface area contributed by atoms with Gasteiger partial charge in [0.15, 0.2) is 0 Å². The number of nitrogens with two attached hydrogens (primary N) is 1. The third-order valence-corrected chi connectivity index (χ3v) is 4.20. The van der Waals surface area contributed by atoms with Gasteiger partial charge < -0.3 is 10.5 Å². The second-order valence-corrected chi connectivity index (χ2v) is 6.29. The van der Waals surface area contributed by atoms with Gasteiger partial charge in [-0.25, -0.2) is 0 Å². The third kappa shape index (κ3) is 3.74. The average Bonchev–Trinajstić information content (AvgIpc) is 2.24. The van der Waals surface area contributed by atoms with Crippen LogP contribution in [0.5, 0.6) is 0 Å². The fraction of sp³-hybridized carbons (Fsp3) is 1.00. The van der Waals surface area contributed by atoms with Crippen LogP contribution in [0.3, 0.4) is 0 Å². The van der Waals surface area contributed by atoms with Gasteiger partial charge in [0.1, 0.15) is 0 Å². The molecule has 3 unspecified atom stereocenters. The van der Waals surface area contributed by atoms with Gasteiger partial charge in [-0.05, 0) is 55.9 Å². The highest BCUT2D eigenvalue weighted by Gasteiger charge is 2.35. The molecule has 2 nitrogen and oxygen atoms in total. The lowest BCUT2D eigenvalue weighted by Crippen LogP contribution is -2.37. The van der Waals surface area contributed by atoms with E-state index in [1.165, 1.54) is 19.3 Å². The van der Waals surface area contributed by atoms with Gasteiger partial charge in [-0.2, -0.15) is 0 Å². The maximum atomic E-state index is 5.86. The Bertz CT molecular complexity index is 197. The lowest BCUT2D eigenvalue weighted by Gasteiger charge is -2.41. The Morgan fingerprint density at radius 1 is 1.19 bits per heavy atom. The van der Waals surface area contributed by atoms with Gasteiger partial charge >= 0.3 is 0 Å². The summed E-state index contributed by atoms with van der Waals surface area (Å²) in [5, 5.41) is 0. The van der Waals surface area contributed by atoms with Gasteiger partial charge in [0.2, 0.25) is 0 Å². The molecule has 96 valence electrons. The van der Waals surface area contributed by atoms with Crippen LogP contribution in [0.1, 0.15) is 47.0 Å². The van der Waals surface area contributed by atoms with Gasteiger partial charge in [-0.3, -0.25) is 0 Å². The molecular weight excluding hydrogens is 198 g/mol. The van der Waals surface area contributed by atoms with E-state index in [1.54, 1.807) is 0 Å². The molecule has 0 spiro atoms. The number of rotatable bonds is 4. The first-order valence-electron chi connectivity index (χ1n) is 6.76. The van der Waals surface area contributed by atoms with Crippen LogP contribution in [0, 0.1) is 23.2 Å². The van der Waals surface area contributed by atoms with Crippen molar-refractivity contribution in [3.05, 3.63) is 0 Å². The molecule has 0 aromatic heterocycles. The van der Waals surface area contributed by atoms with Gasteiger partial charge in [0.05, 0.1) is 0 Å². The van der Waals surface area contributed by atoms with Crippen molar-refractivity contribution in [3.63, 3.8) is 0 Å². The molecule has 0 amide bonds. The second-order valence-electron chi connectivity index (χ2n) is 6.29. The molecule has 0 saturated heterocycles. The van der Waals surface area contributed by atoms with Gasteiger partial charge in [-0.15, -0.1) is 0 Å². The second kappa shape index (κ2) is 6.02. The maximum absolute atomic E-state index is 5.86. The summed E-state index contributed by atoms with van der Waals surface area (Å²) in [7, 11) is 0. The fourth-order valence-electron chi connectivity index (χ4n) is 2.90. The lowest BCUT2D eigenvalue weighted by atomic mass is 9.66. The summed E-state index contributed by atoms with van der Waals surface area (Å²) in [6.45, 7) is 11.7. The molecular formula is C14H29NO. The number of hydrogen-bond acceptors (Lipinski definition) is 2. The molecule has 0 aromatic carbocycles. The zero-order valence-corrected chi connectivity index (χ0v) is 11.5. The highest BCUT2D eigenvalue weighted by Crippen LogP contribution is 2.42. The van der Waals surface area contributed by atoms with Crippen molar-refractivity contribution in [3.8, 4) is 0 Å². The van der Waals surface area contributed by atoms with Gasteiger partial charge in [0.25, 0.3) is 0 Å². The zero-order chi connectivity index (χ0) is 12.2. The molecule has 0 radical (unpaired) electrons. The Labute approximate surface area is 101 Å². The Morgan fingerprint density at radius 2 is 1.88 bits per heavy atom. The van der Waals surface area contributed by atoms with Crippen molar-refractivity contribution in [1.82, 2.24) is 0 Å². The SMILES string of the molecule is CCOCC1CC(C(C)(C)C)CCC1CN. The van der Waals surface area contributed by atoms with Crippen molar-refractivity contribution in [2.75, 3.05) is 19.8 Å². The van der Waals surface area contributed by atoms with E-state index >= 15 is 0 Å². The van der Waals surface area contributed by atoms with Crippen molar-refractivity contribution in [1.29, 1.82) is 0 Å². The standard InChI is InChI=1S/C14H29NO/c1-5-16-10-12-8-13(14(2,3)4)7-6-11(12)9-15/h11-13H,5-10,15H2,1-4H3. The Balaban J connectivity index is 2.54. The predicted octanol–water partition coefficient (Wildman–Crippen LogP) is 3.06. The largest absolute Gasteiger partial charge is 0.381 e. The monoisotopic (exact) mass is 227 g/mol. The van der Waals surface area contributed by atoms with Crippen molar-refractivity contribution >= 4 is 0 Å². The summed E-state index contributed by atoms with van der Waals surface area (Å²) in [5.74, 6) is 2.20. The lowest BCUT2D eigenvalue weighted by molar-refractivity contribution is 0.0294. The van der Waals surface area contributed by atoms with Crippen molar-refractivity contribution in [2.24, 2.45) is 28.9 Å². The minimum absolute atomic E-state index is 0.435. The fourth-order valence-corrected chi connectivity index (χ4v) is 2.90. The molecule has 2 N–H and O–H groups in total. The minimum Gasteiger partial charge on any atom is -0.381 e. The van der Waals surface area contributed by atoms with Crippen molar-refractivity contribution in [2.45, 2.75) is 47.0 Å². The summed E-state index contributed by atoms with van der Waals surface area (Å²) in [4.78, 5) is 0. The van der Waals surface area contributed by atoms with Gasteiger partial charge in [0, 0.05) is 13.2 Å². The third-order valence-electron chi connectivity index (χ3n) is 4.20. The van der Waals surface area contributed by atoms with Crippen LogP contribution in [0.4, 0.5) is 0 Å². The maximum Gasteiger partial charge on any atom is 0.0497 e. The van der Waals surface area contributed by atoms with Crippen LogP contribution >= 0.6 is 0 Å². The van der Waals surface area contributed by atoms with Crippen LogP contribution in [0.15, 0.2) is 0 Å². The van der Waals surface area contributed by atoms with E-state index < -0.39 is 0 Å². The molecule has 0 aliphatic heterocycles. The Hall–Kier alpha value is -0.0800. The summed E-state index contributed by atoms with van der Waals surface area (Å²) in [6.07, 6.45) is 3.93. The molecule has 1 fully saturated rings. The first-order valence-corrected chi connectivity index (χ1v) is 6.76. The quantitative estimate of drug-likeness (QED) is 0.801. The average molecular weight is 227 g/mol. The zero-order valence-electron chi connectivity index (χ0n) is 11.5. The van der Waals surface area contributed by atoms with E-state index in [-0.39, 0.29) is 0 Å². The van der Waals surface area contributed by atoms with Gasteiger partial charge in [-0.1, -0.05) is 20.8 Å². The molecule has 0 bridgehead atoms. The minimum atomic E-state index is 0.435. The van der Waals surface area contributed by atoms with Crippen LogP contribution < -0.4 is 5.73 Å². The predicted molar refractivity (Wildman–Crippen MR) is 69.3 cm³/mol. The summed E-state index contributed by atoms with van der Waals surface area (Å²) >= 11 is 0. The van der Waals surface area contributed by atoms with E-state index in [0.717, 1.165) is 25.7 Å². The molecule has 16 heavy (non-hydrogen) atoms. The van der Waals surface area contributed by atoms with Crippen LogP contribution in [0.25, 0.3) is 0 Å². The summed E-state index contributed by atoms with van der Waals surface area (Å²) in [5.41, 5.74) is 6.30. The van der Waals surface area contributed by atoms with E-state index in [0.29, 0.717) is 17.3 Å². The highest BCUT2D eigenvalue weighted by molar-refractivity contribution is 4.85. The van der Waals surface area contributed by atoms with Crippen LogP contribution in [0.2, 0.25) is 0 Å². The highest BCUT2D eigenvalue weighted by atomic mass is 16.5. The molecule has 1 saturated carbocycles. The molecule has 1 rings (SSSR count). The Morgan fingerprint density at radius 3 is 2.38 bits per heavy atom. The number of hydrogen-bond donors (Lipinski definition) is 1.